The molecule has 0 radical (unpaired) electrons. The summed E-state index contributed by atoms with van der Waals surface area (Å²) < 4.78 is 68.5. The summed E-state index contributed by atoms with van der Waals surface area (Å²) in [5.41, 5.74) is -5.80. The lowest BCUT2D eigenvalue weighted by atomic mass is 9.88. The molecule has 0 heterocycles. The Morgan fingerprint density at radius 3 is 2.15 bits per heavy atom. The Labute approximate surface area is 154 Å². The molecule has 6 nitrogen and oxygen atoms in total. The first-order valence-electron chi connectivity index (χ1n) is 8.07. The fourth-order valence-electron chi connectivity index (χ4n) is 2.81. The average Bonchev–Trinajstić information content (AvgIpc) is 2.86. The summed E-state index contributed by atoms with van der Waals surface area (Å²) in [6.45, 7) is 5.02. The molecule has 1 aliphatic carbocycles. The van der Waals surface area contributed by atoms with Gasteiger partial charge in [0, 0.05) is 12.3 Å². The number of ketones is 1. The van der Waals surface area contributed by atoms with Gasteiger partial charge < -0.3 is 8.92 Å². The van der Waals surface area contributed by atoms with Crippen LogP contribution in [0.2, 0.25) is 0 Å². The number of esters is 1. The Balaban J connectivity index is 2.20. The molecule has 10 heteroatoms. The second-order valence-electron chi connectivity index (χ2n) is 7.17. The van der Waals surface area contributed by atoms with Gasteiger partial charge >= 0.3 is 21.6 Å². The van der Waals surface area contributed by atoms with Crippen molar-refractivity contribution in [3.8, 4) is 5.75 Å². The number of benzene rings is 1. The van der Waals surface area contributed by atoms with E-state index in [0.29, 0.717) is 12.0 Å². The third-order valence-electron chi connectivity index (χ3n) is 3.91. The van der Waals surface area contributed by atoms with Crippen molar-refractivity contribution in [1.82, 2.24) is 0 Å². The lowest BCUT2D eigenvalue weighted by molar-refractivity contribution is -0.161. The van der Waals surface area contributed by atoms with Crippen molar-refractivity contribution < 1.29 is 40.1 Å². The van der Waals surface area contributed by atoms with Gasteiger partial charge in [0.2, 0.25) is 0 Å². The number of carbonyl (C=O) groups is 2. The molecule has 1 unspecified atom stereocenters. The zero-order valence-corrected chi connectivity index (χ0v) is 15.7. The van der Waals surface area contributed by atoms with Gasteiger partial charge in [-0.1, -0.05) is 12.1 Å². The zero-order valence-electron chi connectivity index (χ0n) is 14.9. The summed E-state index contributed by atoms with van der Waals surface area (Å²) in [6, 6.07) is 4.77. The van der Waals surface area contributed by atoms with Crippen molar-refractivity contribution in [3.63, 3.8) is 0 Å². The Hall–Kier alpha value is -2.10. The van der Waals surface area contributed by atoms with Gasteiger partial charge in [-0.3, -0.25) is 9.59 Å². The fourth-order valence-corrected chi connectivity index (χ4v) is 3.27. The van der Waals surface area contributed by atoms with E-state index >= 15 is 0 Å². The van der Waals surface area contributed by atoms with Gasteiger partial charge in [-0.15, -0.1) is 0 Å². The van der Waals surface area contributed by atoms with Crippen LogP contribution in [0.15, 0.2) is 24.3 Å². The van der Waals surface area contributed by atoms with Gasteiger partial charge in [0.15, 0.2) is 0 Å². The second-order valence-corrected chi connectivity index (χ2v) is 8.71. The lowest BCUT2D eigenvalue weighted by Gasteiger charge is -2.24. The Morgan fingerprint density at radius 1 is 1.11 bits per heavy atom. The van der Waals surface area contributed by atoms with Crippen LogP contribution in [0.4, 0.5) is 13.2 Å². The van der Waals surface area contributed by atoms with Crippen LogP contribution in [-0.4, -0.2) is 31.3 Å². The summed E-state index contributed by atoms with van der Waals surface area (Å²) in [4.78, 5) is 24.5. The molecule has 0 N–H and O–H groups in total. The monoisotopic (exact) mass is 408 g/mol. The molecule has 1 aromatic carbocycles. The van der Waals surface area contributed by atoms with Gasteiger partial charge in [-0.25, -0.2) is 0 Å². The molecule has 0 bridgehead atoms. The SMILES string of the molecule is CC(C)(C)OC(=O)C1C(=O)CC[C@@H]1c1ccc(OS(=O)(=O)C(F)(F)F)cc1. The molecule has 1 aromatic rings. The summed E-state index contributed by atoms with van der Waals surface area (Å²) in [5, 5.41) is 0. The van der Waals surface area contributed by atoms with Crippen LogP contribution in [0.5, 0.6) is 5.75 Å². The number of rotatable bonds is 4. The summed E-state index contributed by atoms with van der Waals surface area (Å²) in [7, 11) is -5.76. The topological polar surface area (TPSA) is 86.7 Å². The average molecular weight is 408 g/mol. The molecule has 2 rings (SSSR count). The van der Waals surface area contributed by atoms with E-state index in [0.717, 1.165) is 12.1 Å². The maximum Gasteiger partial charge on any atom is 0.534 e. The highest BCUT2D eigenvalue weighted by molar-refractivity contribution is 7.88. The van der Waals surface area contributed by atoms with Gasteiger partial charge in [0.25, 0.3) is 0 Å². The zero-order chi connectivity index (χ0) is 20.6. The molecular formula is C17H19F3O6S. The minimum absolute atomic E-state index is 0.176. The van der Waals surface area contributed by atoms with Gasteiger partial charge in [-0.05, 0) is 44.9 Å². The fraction of sp³-hybridized carbons (Fsp3) is 0.529. The standard InChI is InChI=1S/C17H19F3O6S/c1-16(2,3)25-15(22)14-12(8-9-13(14)21)10-4-6-11(7-5-10)26-27(23,24)17(18,19)20/h4-7,12,14H,8-9H2,1-3H3/t12-,14?/m1/s1. The van der Waals surface area contributed by atoms with E-state index < -0.39 is 44.8 Å². The van der Waals surface area contributed by atoms with Crippen molar-refractivity contribution in [2.75, 3.05) is 0 Å². The van der Waals surface area contributed by atoms with Crippen molar-refractivity contribution in [2.45, 2.75) is 50.6 Å². The molecule has 1 saturated carbocycles. The van der Waals surface area contributed by atoms with E-state index in [-0.39, 0.29) is 12.2 Å². The summed E-state index contributed by atoms with van der Waals surface area (Å²) in [6.07, 6.45) is 0.555. The number of carbonyl (C=O) groups excluding carboxylic acids is 2. The number of ether oxygens (including phenoxy) is 1. The van der Waals surface area contributed by atoms with E-state index in [1.807, 2.05) is 0 Å². The Bertz CT molecular complexity index is 822. The van der Waals surface area contributed by atoms with E-state index in [1.165, 1.54) is 12.1 Å². The molecular weight excluding hydrogens is 389 g/mol. The molecule has 0 aromatic heterocycles. The van der Waals surface area contributed by atoms with Crippen LogP contribution < -0.4 is 4.18 Å². The summed E-state index contributed by atoms with van der Waals surface area (Å²) in [5.74, 6) is -2.95. The van der Waals surface area contributed by atoms with Crippen molar-refractivity contribution >= 4 is 21.9 Å². The molecule has 27 heavy (non-hydrogen) atoms. The summed E-state index contributed by atoms with van der Waals surface area (Å²) >= 11 is 0. The van der Waals surface area contributed by atoms with Crippen molar-refractivity contribution in [3.05, 3.63) is 29.8 Å². The van der Waals surface area contributed by atoms with Crippen LogP contribution in [-0.2, 0) is 24.4 Å². The van der Waals surface area contributed by atoms with Gasteiger partial charge in [0.05, 0.1) is 0 Å². The molecule has 1 fully saturated rings. The van der Waals surface area contributed by atoms with E-state index in [1.54, 1.807) is 20.8 Å². The highest BCUT2D eigenvalue weighted by Gasteiger charge is 2.48. The van der Waals surface area contributed by atoms with Gasteiger partial charge in [-0.2, -0.15) is 21.6 Å². The maximum atomic E-state index is 12.4. The largest absolute Gasteiger partial charge is 0.534 e. The highest BCUT2D eigenvalue weighted by atomic mass is 32.2. The van der Waals surface area contributed by atoms with Crippen LogP contribution in [0.3, 0.4) is 0 Å². The third kappa shape index (κ3) is 5.00. The molecule has 0 amide bonds. The number of Topliss-reactive ketones (excluding diaryl/α,β-unsaturated/α-hetero) is 1. The first-order valence-corrected chi connectivity index (χ1v) is 9.48. The van der Waals surface area contributed by atoms with Crippen molar-refractivity contribution in [1.29, 1.82) is 0 Å². The smallest absolute Gasteiger partial charge is 0.459 e. The normalized spacial score (nSPS) is 21.2. The molecule has 2 atom stereocenters. The van der Waals surface area contributed by atoms with E-state index in [9.17, 15) is 31.2 Å². The molecule has 0 aliphatic heterocycles. The number of halogens is 3. The van der Waals surface area contributed by atoms with Crippen LogP contribution in [0.1, 0.15) is 45.1 Å². The first kappa shape index (κ1) is 21.2. The first-order chi connectivity index (χ1) is 12.2. The lowest BCUT2D eigenvalue weighted by Crippen LogP contribution is -2.32. The highest BCUT2D eigenvalue weighted by Crippen LogP contribution is 2.39. The van der Waals surface area contributed by atoms with Crippen LogP contribution in [0, 0.1) is 5.92 Å². The maximum absolute atomic E-state index is 12.4. The molecule has 150 valence electrons. The van der Waals surface area contributed by atoms with Crippen LogP contribution >= 0.6 is 0 Å². The number of alkyl halides is 3. The predicted molar refractivity (Wildman–Crippen MR) is 88.4 cm³/mol. The Kier molecular flexibility index (Phi) is 5.61. The molecule has 1 aliphatic rings. The molecule has 0 saturated heterocycles. The Morgan fingerprint density at radius 2 is 1.67 bits per heavy atom. The minimum Gasteiger partial charge on any atom is -0.459 e. The quantitative estimate of drug-likeness (QED) is 0.329. The van der Waals surface area contributed by atoms with E-state index in [4.69, 9.17) is 4.74 Å². The van der Waals surface area contributed by atoms with Gasteiger partial charge in [0.1, 0.15) is 23.1 Å². The third-order valence-corrected chi connectivity index (χ3v) is 4.89. The minimum atomic E-state index is -5.76. The number of hydrogen-bond acceptors (Lipinski definition) is 6. The van der Waals surface area contributed by atoms with Crippen molar-refractivity contribution in [2.24, 2.45) is 5.92 Å². The molecule has 0 spiro atoms. The van der Waals surface area contributed by atoms with E-state index in [2.05, 4.69) is 4.18 Å². The van der Waals surface area contributed by atoms with Crippen LogP contribution in [0.25, 0.3) is 0 Å². The predicted octanol–water partition coefficient (Wildman–Crippen LogP) is 3.32. The number of hydrogen-bond donors (Lipinski definition) is 0. The second kappa shape index (κ2) is 7.14.